The molecule has 4 nitrogen and oxygen atoms in total. The van der Waals surface area contributed by atoms with Crippen molar-refractivity contribution in [3.8, 4) is 12.3 Å². The van der Waals surface area contributed by atoms with Crippen molar-refractivity contribution in [3.05, 3.63) is 23.9 Å². The molecule has 0 fully saturated rings. The van der Waals surface area contributed by atoms with Crippen molar-refractivity contribution in [1.29, 1.82) is 0 Å². The fraction of sp³-hybridized carbons (Fsp3) is 0.273. The van der Waals surface area contributed by atoms with E-state index in [0.29, 0.717) is 12.4 Å². The molecule has 1 heterocycles. The summed E-state index contributed by atoms with van der Waals surface area (Å²) in [6.07, 6.45) is 6.67. The van der Waals surface area contributed by atoms with Gasteiger partial charge in [-0.25, -0.2) is 4.98 Å². The monoisotopic (exact) mass is 203 g/mol. The van der Waals surface area contributed by atoms with Gasteiger partial charge in [0.05, 0.1) is 13.1 Å². The van der Waals surface area contributed by atoms with E-state index in [1.54, 1.807) is 6.20 Å². The highest BCUT2D eigenvalue weighted by atomic mass is 16.1. The lowest BCUT2D eigenvalue weighted by atomic mass is 10.3. The van der Waals surface area contributed by atoms with Gasteiger partial charge < -0.3 is 5.32 Å². The van der Waals surface area contributed by atoms with E-state index in [-0.39, 0.29) is 12.5 Å². The van der Waals surface area contributed by atoms with Gasteiger partial charge in [-0.3, -0.25) is 10.1 Å². The van der Waals surface area contributed by atoms with Gasteiger partial charge in [0.25, 0.3) is 0 Å². The van der Waals surface area contributed by atoms with Crippen LogP contribution in [0.1, 0.15) is 5.56 Å². The third-order valence-electron chi connectivity index (χ3n) is 1.78. The molecule has 0 aromatic carbocycles. The lowest BCUT2D eigenvalue weighted by Crippen LogP contribution is -2.28. The number of nitrogens with one attached hydrogen (secondary N) is 2. The van der Waals surface area contributed by atoms with E-state index in [0.717, 1.165) is 5.56 Å². The summed E-state index contributed by atoms with van der Waals surface area (Å²) in [5.41, 5.74) is 0.933. The van der Waals surface area contributed by atoms with Crippen LogP contribution < -0.4 is 10.6 Å². The number of hydrogen-bond donors (Lipinski definition) is 2. The van der Waals surface area contributed by atoms with Crippen molar-refractivity contribution in [2.24, 2.45) is 0 Å². The van der Waals surface area contributed by atoms with E-state index in [4.69, 9.17) is 6.42 Å². The molecular weight excluding hydrogens is 190 g/mol. The highest BCUT2D eigenvalue weighted by molar-refractivity contribution is 5.91. The van der Waals surface area contributed by atoms with Gasteiger partial charge in [-0.15, -0.1) is 6.42 Å². The maximum Gasteiger partial charge on any atom is 0.239 e. The van der Waals surface area contributed by atoms with Crippen LogP contribution in [-0.4, -0.2) is 24.0 Å². The molecule has 0 bridgehead atoms. The van der Waals surface area contributed by atoms with Gasteiger partial charge in [0.15, 0.2) is 0 Å². The maximum atomic E-state index is 11.4. The summed E-state index contributed by atoms with van der Waals surface area (Å²) in [5.74, 6) is 2.83. The lowest BCUT2D eigenvalue weighted by molar-refractivity contribution is -0.115. The Morgan fingerprint density at radius 3 is 3.13 bits per heavy atom. The second-order valence-electron chi connectivity index (χ2n) is 3.02. The van der Waals surface area contributed by atoms with E-state index in [1.807, 2.05) is 19.1 Å². The number of carbonyl (C=O) groups is 1. The summed E-state index contributed by atoms with van der Waals surface area (Å²) < 4.78 is 0. The van der Waals surface area contributed by atoms with Crippen LogP contribution in [-0.2, 0) is 4.79 Å². The first-order chi connectivity index (χ1) is 7.24. The molecular formula is C11H13N3O. The predicted molar refractivity (Wildman–Crippen MR) is 59.3 cm³/mol. The Balaban J connectivity index is 2.45. The average Bonchev–Trinajstić information content (AvgIpc) is 2.22. The number of terminal acetylenes is 1. The minimum atomic E-state index is -0.146. The third kappa shape index (κ3) is 3.79. The molecule has 15 heavy (non-hydrogen) atoms. The van der Waals surface area contributed by atoms with Crippen LogP contribution in [0.4, 0.5) is 5.82 Å². The molecule has 0 atom stereocenters. The quantitative estimate of drug-likeness (QED) is 0.555. The van der Waals surface area contributed by atoms with Crippen LogP contribution in [0.25, 0.3) is 0 Å². The van der Waals surface area contributed by atoms with Crippen LogP contribution in [0.3, 0.4) is 0 Å². The van der Waals surface area contributed by atoms with Crippen molar-refractivity contribution < 1.29 is 4.79 Å². The molecule has 1 rings (SSSR count). The van der Waals surface area contributed by atoms with Crippen molar-refractivity contribution in [3.63, 3.8) is 0 Å². The van der Waals surface area contributed by atoms with E-state index in [2.05, 4.69) is 21.5 Å². The number of aromatic nitrogens is 1. The van der Waals surface area contributed by atoms with Crippen molar-refractivity contribution in [2.75, 3.05) is 18.4 Å². The zero-order chi connectivity index (χ0) is 11.1. The fourth-order valence-electron chi connectivity index (χ4n) is 1.04. The molecule has 1 aromatic rings. The summed E-state index contributed by atoms with van der Waals surface area (Å²) in [4.78, 5) is 15.4. The smallest absolute Gasteiger partial charge is 0.239 e. The number of amides is 1. The molecule has 0 radical (unpaired) electrons. The van der Waals surface area contributed by atoms with E-state index >= 15 is 0 Å². The van der Waals surface area contributed by atoms with E-state index < -0.39 is 0 Å². The molecule has 0 saturated heterocycles. The van der Waals surface area contributed by atoms with Gasteiger partial charge in [-0.05, 0) is 18.6 Å². The number of pyridine rings is 1. The first kappa shape index (κ1) is 11.2. The largest absolute Gasteiger partial charge is 0.309 e. The zero-order valence-electron chi connectivity index (χ0n) is 8.58. The summed E-state index contributed by atoms with van der Waals surface area (Å²) in [6, 6.07) is 3.71. The highest BCUT2D eigenvalue weighted by Gasteiger charge is 2.03. The molecule has 1 aromatic heterocycles. The van der Waals surface area contributed by atoms with Gasteiger partial charge in [0.1, 0.15) is 5.82 Å². The number of aryl methyl sites for hydroxylation is 1. The molecule has 0 unspecified atom stereocenters. The van der Waals surface area contributed by atoms with E-state index in [1.165, 1.54) is 0 Å². The first-order valence-corrected chi connectivity index (χ1v) is 4.59. The minimum Gasteiger partial charge on any atom is -0.309 e. The molecule has 1 amide bonds. The van der Waals surface area contributed by atoms with E-state index in [9.17, 15) is 4.79 Å². The molecule has 78 valence electrons. The fourth-order valence-corrected chi connectivity index (χ4v) is 1.04. The predicted octanol–water partition coefficient (Wildman–Crippen LogP) is 0.551. The molecule has 0 saturated carbocycles. The normalized spacial score (nSPS) is 9.33. The molecule has 0 spiro atoms. The van der Waals surface area contributed by atoms with Crippen molar-refractivity contribution >= 4 is 11.7 Å². The Labute approximate surface area is 89.1 Å². The number of anilines is 1. The van der Waals surface area contributed by atoms with Crippen LogP contribution >= 0.6 is 0 Å². The highest BCUT2D eigenvalue weighted by Crippen LogP contribution is 2.08. The molecule has 2 N–H and O–H groups in total. The standard InChI is InChI=1S/C11H13N3O/c1-3-6-12-8-10(15)14-11-9(2)5-4-7-13-11/h1,4-5,7,12H,6,8H2,2H3,(H,13,14,15). The van der Waals surface area contributed by atoms with Gasteiger partial charge in [-0.1, -0.05) is 12.0 Å². The van der Waals surface area contributed by atoms with Crippen LogP contribution in [0, 0.1) is 19.3 Å². The third-order valence-corrected chi connectivity index (χ3v) is 1.78. The lowest BCUT2D eigenvalue weighted by Gasteiger charge is -2.06. The number of hydrogen-bond acceptors (Lipinski definition) is 3. The van der Waals surface area contributed by atoms with Crippen molar-refractivity contribution in [1.82, 2.24) is 10.3 Å². The van der Waals surface area contributed by atoms with Crippen LogP contribution in [0.15, 0.2) is 18.3 Å². The number of nitrogens with zero attached hydrogens (tertiary/aromatic N) is 1. The van der Waals surface area contributed by atoms with Gasteiger partial charge >= 0.3 is 0 Å². The number of carbonyl (C=O) groups excluding carboxylic acids is 1. The Hall–Kier alpha value is -1.86. The van der Waals surface area contributed by atoms with Gasteiger partial charge in [0.2, 0.25) is 5.91 Å². The summed E-state index contributed by atoms with van der Waals surface area (Å²) >= 11 is 0. The Kier molecular flexibility index (Phi) is 4.32. The summed E-state index contributed by atoms with van der Waals surface area (Å²) in [6.45, 7) is 2.46. The molecule has 0 aliphatic carbocycles. The molecule has 0 aliphatic heterocycles. The minimum absolute atomic E-state index is 0.146. The summed E-state index contributed by atoms with van der Waals surface area (Å²) in [7, 11) is 0. The Bertz CT molecular complexity index is 382. The summed E-state index contributed by atoms with van der Waals surface area (Å²) in [5, 5.41) is 5.49. The van der Waals surface area contributed by atoms with Crippen molar-refractivity contribution in [2.45, 2.75) is 6.92 Å². The SMILES string of the molecule is C#CCNCC(=O)Nc1ncccc1C. The Morgan fingerprint density at radius 2 is 2.47 bits per heavy atom. The maximum absolute atomic E-state index is 11.4. The van der Waals surface area contributed by atoms with Gasteiger partial charge in [0, 0.05) is 6.20 Å². The molecule has 0 aliphatic rings. The average molecular weight is 203 g/mol. The zero-order valence-corrected chi connectivity index (χ0v) is 8.58. The number of rotatable bonds is 4. The first-order valence-electron chi connectivity index (χ1n) is 4.59. The van der Waals surface area contributed by atoms with Gasteiger partial charge in [-0.2, -0.15) is 0 Å². The Morgan fingerprint density at radius 1 is 1.67 bits per heavy atom. The molecule has 4 heteroatoms. The van der Waals surface area contributed by atoms with Crippen LogP contribution in [0.2, 0.25) is 0 Å². The van der Waals surface area contributed by atoms with Crippen LogP contribution in [0.5, 0.6) is 0 Å². The second-order valence-corrected chi connectivity index (χ2v) is 3.02. The topological polar surface area (TPSA) is 54.0 Å². The second kappa shape index (κ2) is 5.78.